The average Bonchev–Trinajstić information content (AvgIpc) is 3.19. The summed E-state index contributed by atoms with van der Waals surface area (Å²) in [6.07, 6.45) is -1.24. The molecule has 238 valence electrons. The van der Waals surface area contributed by atoms with Crippen LogP contribution in [0, 0.1) is 12.3 Å². The summed E-state index contributed by atoms with van der Waals surface area (Å²) >= 11 is 0. The highest BCUT2D eigenvalue weighted by Gasteiger charge is 2.71. The highest BCUT2D eigenvalue weighted by Crippen LogP contribution is 2.66. The Morgan fingerprint density at radius 3 is 2.17 bits per heavy atom. The average molecular weight is 633 g/mol. The molecule has 13 nitrogen and oxygen atoms in total. The summed E-state index contributed by atoms with van der Waals surface area (Å²) in [7, 11) is 0.965. The molecule has 4 aliphatic carbocycles. The van der Waals surface area contributed by atoms with Gasteiger partial charge in [0.25, 0.3) is 0 Å². The molecule has 4 aliphatic rings. The summed E-state index contributed by atoms with van der Waals surface area (Å²) < 4.78 is 10.3. The first-order valence-electron chi connectivity index (χ1n) is 14.0. The predicted octanol–water partition coefficient (Wildman–Crippen LogP) is 2.39. The van der Waals surface area contributed by atoms with Gasteiger partial charge in [0.2, 0.25) is 5.78 Å². The van der Waals surface area contributed by atoms with Crippen LogP contribution in [0.3, 0.4) is 0 Å². The number of esters is 2. The molecule has 0 saturated carbocycles. The Labute approximate surface area is 260 Å². The number of fused-ring (bicyclic) bond motifs is 1. The highest BCUT2D eigenvalue weighted by atomic mass is 16.5. The van der Waals surface area contributed by atoms with E-state index in [-0.39, 0.29) is 22.3 Å². The van der Waals surface area contributed by atoms with Gasteiger partial charge in [0.1, 0.15) is 52.1 Å². The van der Waals surface area contributed by atoms with Crippen LogP contribution >= 0.6 is 0 Å². The predicted molar refractivity (Wildman–Crippen MR) is 155 cm³/mol. The summed E-state index contributed by atoms with van der Waals surface area (Å²) in [5, 5.41) is 78.4. The molecule has 7 rings (SSSR count). The molecule has 0 amide bonds. The van der Waals surface area contributed by atoms with Crippen molar-refractivity contribution in [2.75, 3.05) is 7.11 Å². The summed E-state index contributed by atoms with van der Waals surface area (Å²) in [6, 6.07) is 5.72. The van der Waals surface area contributed by atoms with E-state index in [2.05, 4.69) is 4.74 Å². The second-order valence-electron chi connectivity index (χ2n) is 11.7. The Hall–Kier alpha value is -5.40. The molecule has 0 fully saturated rings. The van der Waals surface area contributed by atoms with E-state index in [1.807, 2.05) is 0 Å². The monoisotopic (exact) mass is 632 g/mol. The Kier molecular flexibility index (Phi) is 6.69. The van der Waals surface area contributed by atoms with Gasteiger partial charge in [0, 0.05) is 23.6 Å². The van der Waals surface area contributed by atoms with Crippen LogP contribution in [0.2, 0.25) is 0 Å². The fraction of sp³-hybridized carbons (Fsp3) is 0.273. The molecule has 0 heterocycles. The molecule has 1 spiro atoms. The smallest absolute Gasteiger partial charge is 0.342 e. The van der Waals surface area contributed by atoms with Crippen LogP contribution in [0.5, 0.6) is 28.7 Å². The van der Waals surface area contributed by atoms with E-state index in [1.54, 1.807) is 6.92 Å². The van der Waals surface area contributed by atoms with E-state index in [1.165, 1.54) is 24.3 Å². The fourth-order valence-corrected chi connectivity index (χ4v) is 7.28. The minimum absolute atomic E-state index is 0.0313. The van der Waals surface area contributed by atoms with Crippen LogP contribution in [0.1, 0.15) is 79.1 Å². The zero-order valence-corrected chi connectivity index (χ0v) is 24.6. The number of aliphatic hydroxyl groups excluding tert-OH is 1. The van der Waals surface area contributed by atoms with Crippen molar-refractivity contribution < 1.29 is 64.4 Å². The molecule has 0 radical (unpaired) electrons. The molecular weight excluding hydrogens is 604 g/mol. The van der Waals surface area contributed by atoms with Gasteiger partial charge in [-0.3, -0.25) is 14.4 Å². The number of allylic oxidation sites excluding steroid dienone is 1. The molecule has 3 aromatic rings. The lowest BCUT2D eigenvalue weighted by atomic mass is 9.52. The van der Waals surface area contributed by atoms with Gasteiger partial charge < -0.3 is 45.2 Å². The molecule has 13 heteroatoms. The number of aryl methyl sites for hydroxylation is 1. The van der Waals surface area contributed by atoms with Crippen molar-refractivity contribution >= 4 is 23.5 Å². The van der Waals surface area contributed by atoms with Crippen LogP contribution < -0.4 is 0 Å². The molecule has 0 aliphatic heterocycles. The van der Waals surface area contributed by atoms with Crippen molar-refractivity contribution in [2.24, 2.45) is 5.41 Å². The van der Waals surface area contributed by atoms with Crippen molar-refractivity contribution in [1.82, 2.24) is 0 Å². The van der Waals surface area contributed by atoms with Gasteiger partial charge in [-0.05, 0) is 48.7 Å². The quantitative estimate of drug-likeness (QED) is 0.0950. The van der Waals surface area contributed by atoms with Gasteiger partial charge in [-0.15, -0.1) is 0 Å². The summed E-state index contributed by atoms with van der Waals surface area (Å²) in [5.41, 5.74) is -6.93. The number of benzene rings is 3. The third kappa shape index (κ3) is 3.82. The SMILES string of the molecule is COC(=O)c1c(O)ccc(O)c1C(=O)c1c(O)cc2c(c1O)[C@@H]1C=C[C@@]3(C2)[C@@H](OC(C)=O)c2cc(C)cc(O)c2C(O)C3(O)C1=O. The number of aromatic hydroxyl groups is 5. The fourth-order valence-electron chi connectivity index (χ4n) is 7.28. The molecule has 0 aromatic heterocycles. The van der Waals surface area contributed by atoms with Gasteiger partial charge in [0.15, 0.2) is 11.4 Å². The molecule has 5 atom stereocenters. The largest absolute Gasteiger partial charge is 0.508 e. The van der Waals surface area contributed by atoms with E-state index in [9.17, 15) is 54.9 Å². The third-order valence-corrected chi connectivity index (χ3v) is 9.20. The van der Waals surface area contributed by atoms with Crippen molar-refractivity contribution in [2.45, 2.75) is 44.0 Å². The number of hydrogen-bond acceptors (Lipinski definition) is 13. The summed E-state index contributed by atoms with van der Waals surface area (Å²) in [5.74, 6) is -9.76. The van der Waals surface area contributed by atoms with E-state index in [0.717, 1.165) is 32.2 Å². The van der Waals surface area contributed by atoms with Crippen molar-refractivity contribution in [1.29, 1.82) is 0 Å². The zero-order valence-electron chi connectivity index (χ0n) is 24.6. The molecule has 2 unspecified atom stereocenters. The van der Waals surface area contributed by atoms with E-state index >= 15 is 0 Å². The summed E-state index contributed by atoms with van der Waals surface area (Å²) in [6.45, 7) is 2.74. The maximum Gasteiger partial charge on any atom is 0.342 e. The Bertz CT molecular complexity index is 1940. The zero-order chi connectivity index (χ0) is 33.6. The van der Waals surface area contributed by atoms with Gasteiger partial charge in [-0.1, -0.05) is 18.2 Å². The molecule has 3 aromatic carbocycles. The number of aliphatic hydroxyl groups is 2. The minimum Gasteiger partial charge on any atom is -0.508 e. The molecule has 0 saturated heterocycles. The number of Topliss-reactive ketones (excluding diaryl/α,β-unsaturated/α-hetero) is 1. The van der Waals surface area contributed by atoms with Crippen LogP contribution in [0.15, 0.2) is 42.5 Å². The van der Waals surface area contributed by atoms with Gasteiger partial charge in [-0.25, -0.2) is 4.79 Å². The van der Waals surface area contributed by atoms with Crippen LogP contribution in [-0.4, -0.2) is 72.0 Å². The first-order valence-corrected chi connectivity index (χ1v) is 14.0. The number of rotatable bonds is 4. The first-order chi connectivity index (χ1) is 21.6. The number of carbonyl (C=O) groups is 4. The number of ketones is 2. The second-order valence-corrected chi connectivity index (χ2v) is 11.7. The minimum atomic E-state index is -2.76. The Morgan fingerprint density at radius 1 is 0.891 bits per heavy atom. The molecule has 7 N–H and O–H groups in total. The van der Waals surface area contributed by atoms with Crippen LogP contribution in [0.4, 0.5) is 0 Å². The lowest BCUT2D eigenvalue weighted by Gasteiger charge is -2.55. The van der Waals surface area contributed by atoms with Crippen molar-refractivity contribution in [3.05, 3.63) is 87.0 Å². The van der Waals surface area contributed by atoms with E-state index in [0.29, 0.717) is 5.56 Å². The molecular formula is C33H28O13. The van der Waals surface area contributed by atoms with Crippen LogP contribution in [0.25, 0.3) is 0 Å². The number of hydrogen-bond donors (Lipinski definition) is 7. The number of phenolic OH excluding ortho intramolecular Hbond substituents is 5. The molecule has 2 bridgehead atoms. The van der Waals surface area contributed by atoms with Gasteiger partial charge in [-0.2, -0.15) is 0 Å². The van der Waals surface area contributed by atoms with E-state index < -0.39 is 105 Å². The van der Waals surface area contributed by atoms with Crippen molar-refractivity contribution in [3.63, 3.8) is 0 Å². The normalized spacial score (nSPS) is 25.6. The molecule has 46 heavy (non-hydrogen) atoms. The Balaban J connectivity index is 1.61. The first kappa shape index (κ1) is 30.6. The van der Waals surface area contributed by atoms with Gasteiger partial charge in [0.05, 0.1) is 24.0 Å². The number of ether oxygens (including phenoxy) is 2. The topological polar surface area (TPSA) is 228 Å². The lowest BCUT2D eigenvalue weighted by Crippen LogP contribution is -2.65. The van der Waals surface area contributed by atoms with Gasteiger partial charge >= 0.3 is 11.9 Å². The Morgan fingerprint density at radius 2 is 1.54 bits per heavy atom. The maximum atomic E-state index is 14.3. The number of carbonyl (C=O) groups excluding carboxylic acids is 4. The maximum absolute atomic E-state index is 14.3. The number of methoxy groups -OCH3 is 1. The van der Waals surface area contributed by atoms with Crippen molar-refractivity contribution in [3.8, 4) is 28.7 Å². The van der Waals surface area contributed by atoms with Crippen LogP contribution in [-0.2, 0) is 25.5 Å². The number of phenols is 5. The second kappa shape index (κ2) is 10.1. The standard InChI is InChI=1S/C33H28O13/c1-12-8-16-22(19(37)9-12)29(42)33(44)28(41)15-6-7-32(33,30(16)46-13(2)34)11-14-10-20(38)25(26(39)21(14)15)27(40)23-17(35)4-5-18(36)24(23)31(43)45-3/h4-10,15,29-30,35-39,42,44H,11H2,1-3H3/t15-,29?,30-,32+,33?/m0/s1. The summed E-state index contributed by atoms with van der Waals surface area (Å²) in [4.78, 5) is 53.1. The lowest BCUT2D eigenvalue weighted by molar-refractivity contribution is -0.209. The van der Waals surface area contributed by atoms with E-state index in [4.69, 9.17) is 4.74 Å². The highest BCUT2D eigenvalue weighted by molar-refractivity contribution is 6.19. The third-order valence-electron chi connectivity index (χ3n) is 9.20.